The Morgan fingerprint density at radius 2 is 1.74 bits per heavy atom. The molecule has 0 aliphatic carbocycles. The first-order chi connectivity index (χ1) is 14.7. The zero-order chi connectivity index (χ0) is 22.2. The lowest BCUT2D eigenvalue weighted by atomic mass is 9.97. The predicted octanol–water partition coefficient (Wildman–Crippen LogP) is 5.34. The fourth-order valence-electron chi connectivity index (χ4n) is 4.18. The minimum Gasteiger partial charge on any atom is -0.405 e. The Bertz CT molecular complexity index is 1150. The van der Waals surface area contributed by atoms with Crippen LogP contribution in [0.2, 0.25) is 0 Å². The van der Waals surface area contributed by atoms with Gasteiger partial charge in [0.2, 0.25) is 0 Å². The van der Waals surface area contributed by atoms with Gasteiger partial charge in [-0.2, -0.15) is 0 Å². The number of nitrogens with zero attached hydrogens (tertiary/aromatic N) is 2. The van der Waals surface area contributed by atoms with E-state index >= 15 is 0 Å². The van der Waals surface area contributed by atoms with Crippen LogP contribution >= 0.6 is 0 Å². The topological polar surface area (TPSA) is 34.5 Å². The Hall–Kier alpha value is -2.80. The van der Waals surface area contributed by atoms with E-state index in [1.54, 1.807) is 43.6 Å². The molecule has 0 atom stereocenters. The molecule has 2 aromatic carbocycles. The Morgan fingerprint density at radius 3 is 2.42 bits per heavy atom. The van der Waals surface area contributed by atoms with Gasteiger partial charge < -0.3 is 9.30 Å². The summed E-state index contributed by atoms with van der Waals surface area (Å²) in [5.41, 5.74) is 1.61. The van der Waals surface area contributed by atoms with Crippen LogP contribution in [0.15, 0.2) is 53.5 Å². The second-order valence-corrected chi connectivity index (χ2v) is 8.33. The Kier molecular flexibility index (Phi) is 5.79. The van der Waals surface area contributed by atoms with Gasteiger partial charge in [0, 0.05) is 36.3 Å². The summed E-state index contributed by atoms with van der Waals surface area (Å²) in [6.07, 6.45) is -1.05. The van der Waals surface area contributed by atoms with Crippen molar-refractivity contribution >= 4 is 10.8 Å². The monoisotopic (exact) mass is 430 g/mol. The minimum absolute atomic E-state index is 0.151. The molecule has 0 amide bonds. The lowest BCUT2D eigenvalue weighted by molar-refractivity contribution is -0.275. The number of rotatable bonds is 4. The molecule has 7 heteroatoms. The van der Waals surface area contributed by atoms with Gasteiger partial charge >= 0.3 is 6.36 Å². The Morgan fingerprint density at radius 1 is 1.06 bits per heavy atom. The fraction of sp³-hybridized carbons (Fsp3) is 0.375. The third kappa shape index (κ3) is 4.77. The van der Waals surface area contributed by atoms with E-state index in [0.717, 1.165) is 25.9 Å². The largest absolute Gasteiger partial charge is 0.573 e. The molecular weight excluding hydrogens is 405 g/mol. The van der Waals surface area contributed by atoms with Crippen molar-refractivity contribution in [3.63, 3.8) is 0 Å². The molecule has 164 valence electrons. The average Bonchev–Trinajstić information content (AvgIpc) is 2.72. The van der Waals surface area contributed by atoms with E-state index in [-0.39, 0.29) is 11.3 Å². The molecule has 1 saturated heterocycles. The van der Waals surface area contributed by atoms with Crippen molar-refractivity contribution < 1.29 is 17.9 Å². The van der Waals surface area contributed by atoms with Crippen molar-refractivity contribution in [2.24, 2.45) is 13.0 Å². The number of pyridine rings is 1. The minimum atomic E-state index is -4.78. The average molecular weight is 430 g/mol. The molecule has 3 aromatic rings. The highest BCUT2D eigenvalue weighted by Crippen LogP contribution is 2.35. The lowest BCUT2D eigenvalue weighted by Crippen LogP contribution is -2.32. The number of ether oxygens (including phenoxy) is 1. The molecule has 1 fully saturated rings. The first-order valence-corrected chi connectivity index (χ1v) is 10.4. The summed E-state index contributed by atoms with van der Waals surface area (Å²) in [7, 11) is 1.64. The number of hydrogen-bond acceptors (Lipinski definition) is 3. The molecule has 1 aliphatic heterocycles. The highest BCUT2D eigenvalue weighted by molar-refractivity contribution is 5.96. The van der Waals surface area contributed by atoms with Crippen molar-refractivity contribution in [2.45, 2.75) is 32.7 Å². The maximum atomic E-state index is 13.2. The van der Waals surface area contributed by atoms with Gasteiger partial charge in [0.1, 0.15) is 5.75 Å². The molecule has 0 radical (unpaired) electrons. The van der Waals surface area contributed by atoms with Gasteiger partial charge in [-0.25, -0.2) is 0 Å². The maximum Gasteiger partial charge on any atom is 0.573 e. The zero-order valence-electron chi connectivity index (χ0n) is 17.6. The normalized spacial score (nSPS) is 16.0. The highest BCUT2D eigenvalue weighted by Gasteiger charge is 2.32. The molecule has 1 aromatic heterocycles. The zero-order valence-corrected chi connectivity index (χ0v) is 17.6. The number of benzene rings is 2. The summed E-state index contributed by atoms with van der Waals surface area (Å²) >= 11 is 0. The van der Waals surface area contributed by atoms with Crippen LogP contribution in [0.1, 0.15) is 25.3 Å². The fourth-order valence-corrected chi connectivity index (χ4v) is 4.18. The van der Waals surface area contributed by atoms with E-state index in [2.05, 4.69) is 16.6 Å². The first-order valence-electron chi connectivity index (χ1n) is 10.4. The highest BCUT2D eigenvalue weighted by atomic mass is 19.4. The molecular formula is C24H25F3N2O2. The molecule has 0 spiro atoms. The molecule has 4 nitrogen and oxygen atoms in total. The number of fused-ring (bicyclic) bond motifs is 1. The number of aromatic nitrogens is 1. The number of aryl methyl sites for hydroxylation is 1. The molecule has 2 heterocycles. The summed E-state index contributed by atoms with van der Waals surface area (Å²) < 4.78 is 45.4. The molecule has 0 N–H and O–H groups in total. The standard InChI is InChI=1S/C24H25F3N2O2/c1-16-9-11-29(12-10-16)14-18-8-7-17(13-22(18)31-24(25,26)27)21-15-28(2)23(30)20-6-4-3-5-19(20)21/h3-8,13,15-16H,9-12,14H2,1-2H3. The van der Waals surface area contributed by atoms with E-state index in [9.17, 15) is 18.0 Å². The van der Waals surface area contributed by atoms with Crippen LogP contribution in [0.25, 0.3) is 21.9 Å². The smallest absolute Gasteiger partial charge is 0.405 e. The summed E-state index contributed by atoms with van der Waals surface area (Å²) in [6, 6.07) is 12.0. The van der Waals surface area contributed by atoms with Crippen LogP contribution in [0.4, 0.5) is 13.2 Å². The number of hydrogen-bond donors (Lipinski definition) is 0. The lowest BCUT2D eigenvalue weighted by Gasteiger charge is -2.30. The van der Waals surface area contributed by atoms with Crippen LogP contribution in [0, 0.1) is 5.92 Å². The van der Waals surface area contributed by atoms with Crippen molar-refractivity contribution in [3.05, 3.63) is 64.6 Å². The van der Waals surface area contributed by atoms with E-state index in [1.807, 2.05) is 6.07 Å². The number of likely N-dealkylation sites (tertiary alicyclic amines) is 1. The Balaban J connectivity index is 1.77. The number of piperidine rings is 1. The quantitative estimate of drug-likeness (QED) is 0.561. The van der Waals surface area contributed by atoms with E-state index < -0.39 is 6.36 Å². The number of alkyl halides is 3. The van der Waals surface area contributed by atoms with Crippen molar-refractivity contribution in [1.82, 2.24) is 9.47 Å². The summed E-state index contributed by atoms with van der Waals surface area (Å²) in [4.78, 5) is 14.6. The van der Waals surface area contributed by atoms with Crippen LogP contribution in [-0.4, -0.2) is 28.9 Å². The third-order valence-electron chi connectivity index (χ3n) is 5.96. The second-order valence-electron chi connectivity index (χ2n) is 8.33. The van der Waals surface area contributed by atoms with Crippen molar-refractivity contribution in [1.29, 1.82) is 0 Å². The molecule has 0 bridgehead atoms. The van der Waals surface area contributed by atoms with Crippen LogP contribution in [-0.2, 0) is 13.6 Å². The summed E-state index contributed by atoms with van der Waals surface area (Å²) in [5.74, 6) is 0.448. The SMILES string of the molecule is CC1CCN(Cc2ccc(-c3cn(C)c(=O)c4ccccc34)cc2OC(F)(F)F)CC1. The summed E-state index contributed by atoms with van der Waals surface area (Å²) in [6.45, 7) is 4.33. The third-order valence-corrected chi connectivity index (χ3v) is 5.96. The van der Waals surface area contributed by atoms with E-state index in [0.29, 0.717) is 39.9 Å². The van der Waals surface area contributed by atoms with Gasteiger partial charge in [0.05, 0.1) is 0 Å². The number of halogens is 3. The second kappa shape index (κ2) is 8.38. The van der Waals surface area contributed by atoms with E-state index in [1.165, 1.54) is 10.6 Å². The maximum absolute atomic E-state index is 13.2. The van der Waals surface area contributed by atoms with Gasteiger partial charge in [0.15, 0.2) is 0 Å². The molecule has 1 aliphatic rings. The van der Waals surface area contributed by atoms with Gasteiger partial charge in [-0.05, 0) is 54.9 Å². The van der Waals surface area contributed by atoms with Crippen LogP contribution in [0.3, 0.4) is 0 Å². The predicted molar refractivity (Wildman–Crippen MR) is 115 cm³/mol. The molecule has 0 unspecified atom stereocenters. The van der Waals surface area contributed by atoms with Crippen LogP contribution in [0.5, 0.6) is 5.75 Å². The molecule has 31 heavy (non-hydrogen) atoms. The van der Waals surface area contributed by atoms with Gasteiger partial charge in [-0.1, -0.05) is 37.3 Å². The molecule has 0 saturated carbocycles. The summed E-state index contributed by atoms with van der Waals surface area (Å²) in [5, 5.41) is 1.22. The van der Waals surface area contributed by atoms with Crippen molar-refractivity contribution in [2.75, 3.05) is 13.1 Å². The van der Waals surface area contributed by atoms with Crippen LogP contribution < -0.4 is 10.3 Å². The van der Waals surface area contributed by atoms with Gasteiger partial charge in [-0.15, -0.1) is 13.2 Å². The van der Waals surface area contributed by atoms with Crippen molar-refractivity contribution in [3.8, 4) is 16.9 Å². The van der Waals surface area contributed by atoms with E-state index in [4.69, 9.17) is 0 Å². The first kappa shape index (κ1) is 21.4. The van der Waals surface area contributed by atoms with Gasteiger partial charge in [-0.3, -0.25) is 9.69 Å². The van der Waals surface area contributed by atoms with Gasteiger partial charge in [0.25, 0.3) is 5.56 Å². The Labute approximate surface area is 178 Å². The molecule has 4 rings (SSSR count).